The number of ether oxygens (including phenoxy) is 1. The molecular weight excluding hydrogens is 355 g/mol. The minimum absolute atomic E-state index is 0.124. The first-order chi connectivity index (χ1) is 13.4. The molecule has 1 heterocycles. The van der Waals surface area contributed by atoms with Crippen molar-refractivity contribution in [3.05, 3.63) is 71.6 Å². The molecular formula is C23H27FN2O2. The molecule has 0 spiro atoms. The summed E-state index contributed by atoms with van der Waals surface area (Å²) in [6.45, 7) is 7.85. The van der Waals surface area contributed by atoms with Crippen molar-refractivity contribution in [3.8, 4) is 0 Å². The van der Waals surface area contributed by atoms with Gasteiger partial charge in [-0.15, -0.1) is 0 Å². The Balaban J connectivity index is 1.63. The largest absolute Gasteiger partial charge is 0.372 e. The zero-order valence-corrected chi connectivity index (χ0v) is 16.6. The number of amides is 1. The number of nitrogens with one attached hydrogen (secondary N) is 1. The third-order valence-electron chi connectivity index (χ3n) is 4.81. The molecule has 1 fully saturated rings. The lowest BCUT2D eigenvalue weighted by Crippen LogP contribution is -2.45. The summed E-state index contributed by atoms with van der Waals surface area (Å²) in [7, 11) is 0. The summed E-state index contributed by atoms with van der Waals surface area (Å²) in [5.74, 6) is -0.477. The summed E-state index contributed by atoms with van der Waals surface area (Å²) in [4.78, 5) is 14.6. The molecule has 3 rings (SSSR count). The number of carbonyl (C=O) groups is 1. The summed E-state index contributed by atoms with van der Waals surface area (Å²) in [6, 6.07) is 14.2. The van der Waals surface area contributed by atoms with Gasteiger partial charge in [-0.05, 0) is 62.2 Å². The second-order valence-corrected chi connectivity index (χ2v) is 7.37. The lowest BCUT2D eigenvalue weighted by molar-refractivity contribution is -0.117. The van der Waals surface area contributed by atoms with Crippen molar-refractivity contribution >= 4 is 17.7 Å². The number of hydrogen-bond donors (Lipinski definition) is 1. The minimum atomic E-state index is -0.292. The summed E-state index contributed by atoms with van der Waals surface area (Å²) in [6.07, 6.45) is 3.54. The fourth-order valence-electron chi connectivity index (χ4n) is 3.47. The van der Waals surface area contributed by atoms with E-state index in [0.29, 0.717) is 0 Å². The maximum absolute atomic E-state index is 12.9. The van der Waals surface area contributed by atoms with E-state index in [9.17, 15) is 9.18 Å². The molecule has 5 heteroatoms. The van der Waals surface area contributed by atoms with Gasteiger partial charge >= 0.3 is 0 Å². The van der Waals surface area contributed by atoms with E-state index < -0.39 is 0 Å². The van der Waals surface area contributed by atoms with Crippen molar-refractivity contribution in [3.63, 3.8) is 0 Å². The molecule has 148 valence electrons. The molecule has 4 nitrogen and oxygen atoms in total. The first kappa shape index (κ1) is 20.1. The Bertz CT molecular complexity index is 825. The molecule has 1 aliphatic rings. The molecule has 0 radical (unpaired) electrons. The van der Waals surface area contributed by atoms with E-state index >= 15 is 0 Å². The van der Waals surface area contributed by atoms with Crippen molar-refractivity contribution in [2.45, 2.75) is 39.0 Å². The predicted molar refractivity (Wildman–Crippen MR) is 111 cm³/mol. The van der Waals surface area contributed by atoms with Crippen LogP contribution in [0.25, 0.3) is 6.08 Å². The fourth-order valence-corrected chi connectivity index (χ4v) is 3.47. The van der Waals surface area contributed by atoms with E-state index in [4.69, 9.17) is 4.74 Å². The molecule has 1 saturated heterocycles. The van der Waals surface area contributed by atoms with E-state index in [0.717, 1.165) is 29.9 Å². The number of nitrogens with zero attached hydrogens (tertiary/aromatic N) is 1. The normalized spacial score (nSPS) is 20.9. The van der Waals surface area contributed by atoms with Gasteiger partial charge in [0.2, 0.25) is 5.91 Å². The highest BCUT2D eigenvalue weighted by atomic mass is 19.1. The van der Waals surface area contributed by atoms with Gasteiger partial charge in [-0.25, -0.2) is 4.39 Å². The Morgan fingerprint density at radius 2 is 1.86 bits per heavy atom. The van der Waals surface area contributed by atoms with Crippen LogP contribution in [-0.2, 0) is 9.53 Å². The monoisotopic (exact) mass is 382 g/mol. The molecule has 2 aromatic carbocycles. The third-order valence-corrected chi connectivity index (χ3v) is 4.81. The lowest BCUT2D eigenvalue weighted by atomic mass is 10.1. The van der Waals surface area contributed by atoms with E-state index in [1.807, 2.05) is 19.1 Å². The molecule has 28 heavy (non-hydrogen) atoms. The number of benzene rings is 2. The molecule has 0 bridgehead atoms. The highest BCUT2D eigenvalue weighted by Crippen LogP contribution is 2.24. The number of anilines is 1. The summed E-state index contributed by atoms with van der Waals surface area (Å²) in [5.41, 5.74) is 2.97. The zero-order chi connectivity index (χ0) is 20.1. The Labute approximate surface area is 166 Å². The Morgan fingerprint density at radius 3 is 2.54 bits per heavy atom. The average Bonchev–Trinajstić information content (AvgIpc) is 2.67. The highest BCUT2D eigenvalue weighted by Gasteiger charge is 2.22. The second-order valence-electron chi connectivity index (χ2n) is 7.37. The topological polar surface area (TPSA) is 41.6 Å². The van der Waals surface area contributed by atoms with E-state index in [2.05, 4.69) is 36.2 Å². The van der Waals surface area contributed by atoms with Crippen LogP contribution in [0.4, 0.5) is 10.1 Å². The summed E-state index contributed by atoms with van der Waals surface area (Å²) < 4.78 is 18.8. The summed E-state index contributed by atoms with van der Waals surface area (Å²) in [5, 5.41) is 2.98. The van der Waals surface area contributed by atoms with Crippen molar-refractivity contribution in [1.29, 1.82) is 0 Å². The first-order valence-corrected chi connectivity index (χ1v) is 9.65. The molecule has 0 aromatic heterocycles. The minimum Gasteiger partial charge on any atom is -0.372 e. The first-order valence-electron chi connectivity index (χ1n) is 9.65. The fraction of sp³-hybridized carbons (Fsp3) is 0.348. The SMILES string of the molecule is CC(NC(=O)C=Cc1ccc(F)cc1)c1cccc(N2C[C@@H](C)O[C@@H](C)C2)c1. The van der Waals surface area contributed by atoms with Crippen molar-refractivity contribution in [2.24, 2.45) is 0 Å². The lowest BCUT2D eigenvalue weighted by Gasteiger charge is -2.37. The van der Waals surface area contributed by atoms with Crippen LogP contribution >= 0.6 is 0 Å². The van der Waals surface area contributed by atoms with Gasteiger partial charge in [0.1, 0.15) is 5.82 Å². The number of halogens is 1. The predicted octanol–water partition coefficient (Wildman–Crippen LogP) is 4.33. The van der Waals surface area contributed by atoms with E-state index in [1.165, 1.54) is 18.2 Å². The van der Waals surface area contributed by atoms with Crippen LogP contribution in [0.1, 0.15) is 37.9 Å². The number of carbonyl (C=O) groups excluding carboxylic acids is 1. The Kier molecular flexibility index (Phi) is 6.47. The maximum atomic E-state index is 12.9. The molecule has 1 unspecified atom stereocenters. The van der Waals surface area contributed by atoms with Crippen molar-refractivity contribution in [1.82, 2.24) is 5.32 Å². The van der Waals surface area contributed by atoms with Crippen LogP contribution in [0.15, 0.2) is 54.6 Å². The van der Waals surface area contributed by atoms with Gasteiger partial charge < -0.3 is 15.0 Å². The van der Waals surface area contributed by atoms with Gasteiger partial charge in [-0.1, -0.05) is 24.3 Å². The Hall–Kier alpha value is -2.66. The maximum Gasteiger partial charge on any atom is 0.244 e. The quantitative estimate of drug-likeness (QED) is 0.783. The van der Waals surface area contributed by atoms with E-state index in [1.54, 1.807) is 18.2 Å². The molecule has 0 saturated carbocycles. The third kappa shape index (κ3) is 5.42. The zero-order valence-electron chi connectivity index (χ0n) is 16.6. The average molecular weight is 382 g/mol. The number of hydrogen-bond acceptors (Lipinski definition) is 3. The van der Waals surface area contributed by atoms with Gasteiger partial charge in [-0.3, -0.25) is 4.79 Å². The van der Waals surface area contributed by atoms with Crippen LogP contribution in [0.3, 0.4) is 0 Å². The number of rotatable bonds is 5. The van der Waals surface area contributed by atoms with Crippen LogP contribution in [-0.4, -0.2) is 31.2 Å². The van der Waals surface area contributed by atoms with Gasteiger partial charge in [0.05, 0.1) is 18.2 Å². The molecule has 2 aromatic rings. The van der Waals surface area contributed by atoms with Crippen LogP contribution in [0.2, 0.25) is 0 Å². The summed E-state index contributed by atoms with van der Waals surface area (Å²) >= 11 is 0. The van der Waals surface area contributed by atoms with Crippen LogP contribution in [0.5, 0.6) is 0 Å². The van der Waals surface area contributed by atoms with Crippen molar-refractivity contribution in [2.75, 3.05) is 18.0 Å². The highest BCUT2D eigenvalue weighted by molar-refractivity contribution is 5.92. The van der Waals surface area contributed by atoms with E-state index in [-0.39, 0.29) is 30.0 Å². The molecule has 0 aliphatic carbocycles. The van der Waals surface area contributed by atoms with Gasteiger partial charge in [-0.2, -0.15) is 0 Å². The second kappa shape index (κ2) is 9.02. The van der Waals surface area contributed by atoms with Gasteiger partial charge in [0.15, 0.2) is 0 Å². The standard InChI is InChI=1S/C23H27FN2O2/c1-16-14-26(15-17(2)28-16)22-6-4-5-20(13-22)18(3)25-23(27)12-9-19-7-10-21(24)11-8-19/h4-13,16-18H,14-15H2,1-3H3,(H,25,27)/t16-,17+,18?. The molecule has 1 N–H and O–H groups in total. The van der Waals surface area contributed by atoms with Gasteiger partial charge in [0, 0.05) is 24.9 Å². The van der Waals surface area contributed by atoms with Gasteiger partial charge in [0.25, 0.3) is 0 Å². The van der Waals surface area contributed by atoms with Crippen LogP contribution in [0, 0.1) is 5.82 Å². The molecule has 3 atom stereocenters. The Morgan fingerprint density at radius 1 is 1.18 bits per heavy atom. The number of morpholine rings is 1. The van der Waals surface area contributed by atoms with Crippen molar-refractivity contribution < 1.29 is 13.9 Å². The molecule has 1 amide bonds. The van der Waals surface area contributed by atoms with Crippen LogP contribution < -0.4 is 10.2 Å². The smallest absolute Gasteiger partial charge is 0.244 e. The molecule has 1 aliphatic heterocycles.